The Kier molecular flexibility index (Phi) is 5.77. The highest BCUT2D eigenvalue weighted by atomic mass is 16.5. The fourth-order valence-electron chi connectivity index (χ4n) is 3.65. The molecule has 0 saturated carbocycles. The van der Waals surface area contributed by atoms with E-state index in [1.807, 2.05) is 24.3 Å². The molecule has 1 aliphatic heterocycles. The number of ether oxygens (including phenoxy) is 1. The summed E-state index contributed by atoms with van der Waals surface area (Å²) in [4.78, 5) is 16.6. The molecule has 4 rings (SSSR count). The molecular weight excluding hydrogens is 378 g/mol. The summed E-state index contributed by atoms with van der Waals surface area (Å²) in [5.41, 5.74) is 3.80. The third kappa shape index (κ3) is 4.19. The van der Waals surface area contributed by atoms with Crippen LogP contribution in [0, 0.1) is 11.3 Å². The van der Waals surface area contributed by atoms with E-state index in [0.29, 0.717) is 18.7 Å². The van der Waals surface area contributed by atoms with E-state index in [1.165, 1.54) is 17.1 Å². The lowest BCUT2D eigenvalue weighted by Gasteiger charge is -2.34. The molecule has 1 aromatic heterocycles. The minimum absolute atomic E-state index is 0.194. The number of aromatic nitrogens is 2. The molecule has 0 N–H and O–H groups in total. The van der Waals surface area contributed by atoms with Gasteiger partial charge in [0.15, 0.2) is 0 Å². The Labute approximate surface area is 175 Å². The Morgan fingerprint density at radius 3 is 2.53 bits per heavy atom. The van der Waals surface area contributed by atoms with Crippen LogP contribution in [0.3, 0.4) is 0 Å². The number of nitrogens with zero attached hydrogens (tertiary/aromatic N) is 5. The van der Waals surface area contributed by atoms with Crippen LogP contribution < -0.4 is 4.74 Å². The van der Waals surface area contributed by atoms with Crippen LogP contribution in [0.25, 0.3) is 11.1 Å². The van der Waals surface area contributed by atoms with Crippen molar-refractivity contribution >= 4 is 6.03 Å². The van der Waals surface area contributed by atoms with Crippen LogP contribution in [-0.2, 0) is 6.54 Å². The number of carbonyl (C=O) groups is 1. The molecule has 0 bridgehead atoms. The monoisotopic (exact) mass is 401 g/mol. The highest BCUT2D eigenvalue weighted by Gasteiger charge is 2.23. The first kappa shape index (κ1) is 19.7. The van der Waals surface area contributed by atoms with Gasteiger partial charge in [0.25, 0.3) is 0 Å². The number of amides is 1. The Hall–Kier alpha value is -3.63. The van der Waals surface area contributed by atoms with E-state index >= 15 is 0 Å². The van der Waals surface area contributed by atoms with Gasteiger partial charge in [-0.25, -0.2) is 4.79 Å². The van der Waals surface area contributed by atoms with Gasteiger partial charge in [0.05, 0.1) is 25.1 Å². The average molecular weight is 401 g/mol. The molecule has 3 aromatic rings. The number of carbonyl (C=O) groups excluding carboxylic acids is 1. The zero-order chi connectivity index (χ0) is 20.9. The third-order valence-corrected chi connectivity index (χ3v) is 5.34. The highest BCUT2D eigenvalue weighted by Crippen LogP contribution is 2.28. The fourth-order valence-corrected chi connectivity index (χ4v) is 3.65. The second-order valence-electron chi connectivity index (χ2n) is 7.22. The molecule has 0 spiro atoms. The van der Waals surface area contributed by atoms with E-state index in [9.17, 15) is 4.79 Å². The molecule has 0 atom stereocenters. The molecule has 1 saturated heterocycles. The maximum absolute atomic E-state index is 12.5. The lowest BCUT2D eigenvalue weighted by molar-refractivity contribution is 0.133. The minimum atomic E-state index is -0.194. The molecule has 152 valence electrons. The van der Waals surface area contributed by atoms with Crippen molar-refractivity contribution in [3.05, 3.63) is 72.1 Å². The SMILES string of the molecule is COc1cc(-c2ccccc2)ccc1CN1CCN(C(=O)n2cc(C#N)cn2)CC1. The van der Waals surface area contributed by atoms with Crippen LogP contribution in [0.2, 0.25) is 0 Å². The van der Waals surface area contributed by atoms with Crippen LogP contribution in [0.1, 0.15) is 11.1 Å². The topological polar surface area (TPSA) is 74.4 Å². The maximum atomic E-state index is 12.5. The highest BCUT2D eigenvalue weighted by molar-refractivity contribution is 5.76. The lowest BCUT2D eigenvalue weighted by atomic mass is 10.0. The molecule has 0 unspecified atom stereocenters. The number of benzene rings is 2. The number of hydrogen-bond donors (Lipinski definition) is 0. The van der Waals surface area contributed by atoms with Crippen molar-refractivity contribution in [1.29, 1.82) is 5.26 Å². The van der Waals surface area contributed by atoms with Crippen molar-refractivity contribution < 1.29 is 9.53 Å². The summed E-state index contributed by atoms with van der Waals surface area (Å²) in [7, 11) is 1.70. The van der Waals surface area contributed by atoms with Gasteiger partial charge in [0, 0.05) is 38.3 Å². The Morgan fingerprint density at radius 2 is 1.87 bits per heavy atom. The van der Waals surface area contributed by atoms with Gasteiger partial charge in [-0.2, -0.15) is 15.0 Å². The van der Waals surface area contributed by atoms with Crippen LogP contribution >= 0.6 is 0 Å². The van der Waals surface area contributed by atoms with Gasteiger partial charge in [-0.15, -0.1) is 0 Å². The standard InChI is InChI=1S/C23H23N5O2/c1-30-22-13-20(19-5-3-2-4-6-19)7-8-21(22)17-26-9-11-27(12-10-26)23(29)28-16-18(14-24)15-25-28/h2-8,13,15-16H,9-12,17H2,1H3. The first-order valence-electron chi connectivity index (χ1n) is 9.86. The van der Waals surface area contributed by atoms with Gasteiger partial charge in [0.1, 0.15) is 11.8 Å². The van der Waals surface area contributed by atoms with Gasteiger partial charge in [-0.1, -0.05) is 42.5 Å². The summed E-state index contributed by atoms with van der Waals surface area (Å²) in [5, 5.41) is 12.9. The Bertz CT molecular complexity index is 1060. The summed E-state index contributed by atoms with van der Waals surface area (Å²) in [6, 6.07) is 18.4. The Balaban J connectivity index is 1.39. The normalized spacial score (nSPS) is 14.3. The molecule has 30 heavy (non-hydrogen) atoms. The zero-order valence-electron chi connectivity index (χ0n) is 16.9. The second-order valence-corrected chi connectivity index (χ2v) is 7.22. The summed E-state index contributed by atoms with van der Waals surface area (Å²) in [5.74, 6) is 0.871. The molecule has 2 heterocycles. The zero-order valence-corrected chi connectivity index (χ0v) is 16.9. The van der Waals surface area contributed by atoms with Gasteiger partial charge in [0.2, 0.25) is 0 Å². The first-order valence-corrected chi connectivity index (χ1v) is 9.86. The molecule has 0 radical (unpaired) electrons. The predicted molar refractivity (Wildman–Crippen MR) is 113 cm³/mol. The smallest absolute Gasteiger partial charge is 0.344 e. The summed E-state index contributed by atoms with van der Waals surface area (Å²) >= 11 is 0. The minimum Gasteiger partial charge on any atom is -0.496 e. The van der Waals surface area contributed by atoms with Crippen molar-refractivity contribution in [3.8, 4) is 22.9 Å². The van der Waals surface area contributed by atoms with E-state index in [4.69, 9.17) is 10.00 Å². The largest absolute Gasteiger partial charge is 0.496 e. The van der Waals surface area contributed by atoms with Crippen LogP contribution in [-0.4, -0.2) is 58.9 Å². The van der Waals surface area contributed by atoms with E-state index in [-0.39, 0.29) is 6.03 Å². The van der Waals surface area contributed by atoms with Crippen molar-refractivity contribution in [1.82, 2.24) is 19.6 Å². The van der Waals surface area contributed by atoms with Crippen molar-refractivity contribution in [2.24, 2.45) is 0 Å². The number of nitriles is 1. The molecule has 7 heteroatoms. The van der Waals surface area contributed by atoms with Gasteiger partial charge >= 0.3 is 6.03 Å². The van der Waals surface area contributed by atoms with Crippen LogP contribution in [0.5, 0.6) is 5.75 Å². The van der Waals surface area contributed by atoms with Crippen molar-refractivity contribution in [2.75, 3.05) is 33.3 Å². The third-order valence-electron chi connectivity index (χ3n) is 5.34. The van der Waals surface area contributed by atoms with Gasteiger partial charge in [-0.3, -0.25) is 4.90 Å². The number of piperazine rings is 1. The average Bonchev–Trinajstić information content (AvgIpc) is 3.29. The molecular formula is C23H23N5O2. The maximum Gasteiger partial charge on any atom is 0.344 e. The van der Waals surface area contributed by atoms with Gasteiger partial charge < -0.3 is 9.64 Å². The molecule has 1 aliphatic rings. The number of rotatable bonds is 4. The summed E-state index contributed by atoms with van der Waals surface area (Å²) in [6.07, 6.45) is 2.87. The van der Waals surface area contributed by atoms with Crippen molar-refractivity contribution in [2.45, 2.75) is 6.54 Å². The summed E-state index contributed by atoms with van der Waals surface area (Å²) < 4.78 is 6.89. The lowest BCUT2D eigenvalue weighted by Crippen LogP contribution is -2.49. The number of hydrogen-bond acceptors (Lipinski definition) is 5. The molecule has 0 aliphatic carbocycles. The van der Waals surface area contributed by atoms with Crippen LogP contribution in [0.4, 0.5) is 4.79 Å². The van der Waals surface area contributed by atoms with E-state index < -0.39 is 0 Å². The quantitative estimate of drug-likeness (QED) is 0.671. The first-order chi connectivity index (χ1) is 14.7. The number of methoxy groups -OCH3 is 1. The fraction of sp³-hybridized carbons (Fsp3) is 0.261. The van der Waals surface area contributed by atoms with Crippen molar-refractivity contribution in [3.63, 3.8) is 0 Å². The Morgan fingerprint density at radius 1 is 1.10 bits per heavy atom. The predicted octanol–water partition coefficient (Wildman–Crippen LogP) is 3.22. The molecule has 2 aromatic carbocycles. The molecule has 1 fully saturated rings. The molecule has 7 nitrogen and oxygen atoms in total. The van der Waals surface area contributed by atoms with E-state index in [1.54, 1.807) is 12.0 Å². The van der Waals surface area contributed by atoms with E-state index in [0.717, 1.165) is 42.1 Å². The second kappa shape index (κ2) is 8.80. The van der Waals surface area contributed by atoms with Gasteiger partial charge in [-0.05, 0) is 17.2 Å². The van der Waals surface area contributed by atoms with Crippen LogP contribution in [0.15, 0.2) is 60.9 Å². The molecule has 1 amide bonds. The summed E-state index contributed by atoms with van der Waals surface area (Å²) in [6.45, 7) is 3.53. The van der Waals surface area contributed by atoms with E-state index in [2.05, 4.69) is 40.3 Å².